The fourth-order valence-electron chi connectivity index (χ4n) is 12.8. The minimum Gasteiger partial charge on any atom is -0.286 e. The van der Waals surface area contributed by atoms with E-state index in [4.69, 9.17) is 0 Å². The van der Waals surface area contributed by atoms with Crippen molar-refractivity contribution in [1.82, 2.24) is 42.5 Å². The first kappa shape index (κ1) is 35.4. The van der Waals surface area contributed by atoms with Gasteiger partial charge in [-0.15, -0.1) is 0 Å². The molecule has 0 radical (unpaired) electrons. The van der Waals surface area contributed by atoms with Crippen molar-refractivity contribution in [3.63, 3.8) is 0 Å². The van der Waals surface area contributed by atoms with Gasteiger partial charge in [-0.25, -0.2) is 0 Å². The summed E-state index contributed by atoms with van der Waals surface area (Å²) in [5.74, 6) is 1.16. The summed E-state index contributed by atoms with van der Waals surface area (Å²) in [5, 5.41) is 68.6. The third kappa shape index (κ3) is 5.89. The summed E-state index contributed by atoms with van der Waals surface area (Å²) < 4.78 is 0. The van der Waals surface area contributed by atoms with Crippen molar-refractivity contribution in [2.45, 2.75) is 151 Å². The topological polar surface area (TPSA) is 226 Å². The van der Waals surface area contributed by atoms with E-state index in [1.807, 2.05) is 0 Å². The Hall–Kier alpha value is -1.60. The summed E-state index contributed by atoms with van der Waals surface area (Å²) in [5.41, 5.74) is 0. The molecule has 19 atom stereocenters. The van der Waals surface area contributed by atoms with Crippen LogP contribution in [0, 0.1) is 77.7 Å². The molecule has 4 aliphatic carbocycles. The van der Waals surface area contributed by atoms with Gasteiger partial charge in [-0.1, -0.05) is 38.5 Å². The zero-order valence-corrected chi connectivity index (χ0v) is 29.4. The predicted octanol–water partition coefficient (Wildman–Crippen LogP) is 0.369. The van der Waals surface area contributed by atoms with Gasteiger partial charge in [-0.3, -0.25) is 72.9 Å². The molecule has 5 saturated heterocycles. The molecule has 9 rings (SSSR count). The Morgan fingerprint density at radius 2 is 0.660 bits per heavy atom. The minimum atomic E-state index is -1.90. The van der Waals surface area contributed by atoms with Gasteiger partial charge in [-0.05, 0) is 74.0 Å². The third-order valence-electron chi connectivity index (χ3n) is 14.8. The number of nitrogens with one attached hydrogen (secondary N) is 8. The van der Waals surface area contributed by atoms with Crippen LogP contribution in [0.25, 0.3) is 0 Å². The van der Waals surface area contributed by atoms with Gasteiger partial charge >= 0.3 is 23.1 Å². The second-order valence-electron chi connectivity index (χ2n) is 16.9. The zero-order chi connectivity index (χ0) is 33.6. The molecule has 50 heavy (non-hydrogen) atoms. The Morgan fingerprint density at radius 1 is 0.380 bits per heavy atom. The molecule has 278 valence electrons. The first-order valence-electron chi connectivity index (χ1n) is 19.3. The minimum absolute atomic E-state index is 0. The number of fused-ring (bicyclic) bond motifs is 20. The van der Waals surface area contributed by atoms with Crippen LogP contribution >= 0.6 is 0 Å². The standard InChI is InChI=1S/C32H53N11O6.Fe/c44-41(45)21-13-20-22(24(43(48)49)23(21)42(46)47)32-39-30-19-12-6-5-11-18(19)28(37-30)35-26-15-8-2-1-7-14(15)25(33-26)34-27-16-9-3-4-10-17(16)29(36-27)38-31(20)40-32;/h14-40H,1-13H2;/q;+2. The van der Waals surface area contributed by atoms with Crippen LogP contribution in [0.4, 0.5) is 0 Å². The molecule has 4 saturated carbocycles. The van der Waals surface area contributed by atoms with Crippen LogP contribution in [-0.2, 0) is 17.1 Å². The summed E-state index contributed by atoms with van der Waals surface area (Å²) in [6, 6.07) is -5.23. The molecular weight excluding hydrogens is 690 g/mol. The van der Waals surface area contributed by atoms with Gasteiger partial charge in [-0.2, -0.15) is 0 Å². The molecule has 0 aromatic heterocycles. The molecule has 8 N–H and O–H groups in total. The van der Waals surface area contributed by atoms with Crippen LogP contribution in [-0.4, -0.2) is 82.2 Å². The fraction of sp³-hybridized carbons (Fsp3) is 1.00. The Bertz CT molecular complexity index is 1320. The molecule has 8 bridgehead atoms. The summed E-state index contributed by atoms with van der Waals surface area (Å²) in [4.78, 5) is 35.5. The van der Waals surface area contributed by atoms with Crippen LogP contribution in [0.1, 0.15) is 83.5 Å². The first-order chi connectivity index (χ1) is 23.8. The monoisotopic (exact) mass is 743 g/mol. The summed E-state index contributed by atoms with van der Waals surface area (Å²) in [6.45, 7) is 0. The molecule has 0 amide bonds. The van der Waals surface area contributed by atoms with Crippen LogP contribution in [0.15, 0.2) is 0 Å². The molecule has 5 heterocycles. The van der Waals surface area contributed by atoms with Crippen molar-refractivity contribution < 1.29 is 31.8 Å². The van der Waals surface area contributed by atoms with Gasteiger partial charge in [0.15, 0.2) is 0 Å². The smallest absolute Gasteiger partial charge is 0.286 e. The van der Waals surface area contributed by atoms with Gasteiger partial charge in [0, 0.05) is 27.1 Å². The number of nitrogens with zero attached hydrogens (tertiary/aromatic N) is 3. The number of hydrogen-bond acceptors (Lipinski definition) is 14. The van der Waals surface area contributed by atoms with E-state index in [-0.39, 0.29) is 60.5 Å². The molecule has 9 fully saturated rings. The van der Waals surface area contributed by atoms with Gasteiger partial charge in [0.25, 0.3) is 12.1 Å². The van der Waals surface area contributed by atoms with E-state index in [9.17, 15) is 30.3 Å². The zero-order valence-electron chi connectivity index (χ0n) is 28.3. The normalized spacial score (nSPS) is 52.4. The number of hydrogen-bond donors (Lipinski definition) is 8. The maximum absolute atomic E-state index is 12.8. The van der Waals surface area contributed by atoms with E-state index in [0.717, 1.165) is 44.9 Å². The summed E-state index contributed by atoms with van der Waals surface area (Å²) >= 11 is 0. The van der Waals surface area contributed by atoms with E-state index in [1.165, 1.54) is 32.1 Å². The van der Waals surface area contributed by atoms with E-state index in [2.05, 4.69) is 42.5 Å². The molecular formula is C32H53FeN11O6+2. The largest absolute Gasteiger partial charge is 2.00 e. The average molecular weight is 744 g/mol. The average Bonchev–Trinajstić information content (AvgIpc) is 3.83. The Labute approximate surface area is 302 Å². The molecule has 9 aliphatic rings. The SMILES string of the molecule is O=[N+]([O-])C1CC2C3NC4NC(NC5NC(NC6NC(NC(N3)C2C([N+](=O)[O-])C1[N+](=O)[O-])C1CCCCC61)C1CCCCC51)C1CCCCC41.[Fe+2]. The predicted molar refractivity (Wildman–Crippen MR) is 176 cm³/mol. The summed E-state index contributed by atoms with van der Waals surface area (Å²) in [7, 11) is 0. The molecule has 17 nitrogen and oxygen atoms in total. The number of nitro groups is 3. The van der Waals surface area contributed by atoms with Gasteiger partial charge < -0.3 is 0 Å². The van der Waals surface area contributed by atoms with Crippen molar-refractivity contribution >= 4 is 0 Å². The van der Waals surface area contributed by atoms with Crippen LogP contribution in [0.2, 0.25) is 0 Å². The second kappa shape index (κ2) is 14.0. The van der Waals surface area contributed by atoms with Crippen LogP contribution in [0.3, 0.4) is 0 Å². The van der Waals surface area contributed by atoms with E-state index >= 15 is 0 Å². The maximum Gasteiger partial charge on any atom is 2.00 e. The van der Waals surface area contributed by atoms with Crippen molar-refractivity contribution in [2.24, 2.45) is 47.3 Å². The number of rotatable bonds is 3. The maximum atomic E-state index is 12.8. The van der Waals surface area contributed by atoms with Crippen molar-refractivity contribution in [2.75, 3.05) is 0 Å². The Balaban J connectivity index is 0.00000361. The second-order valence-corrected chi connectivity index (χ2v) is 16.9. The van der Waals surface area contributed by atoms with Crippen LogP contribution in [0.5, 0.6) is 0 Å². The molecule has 0 aromatic rings. The third-order valence-corrected chi connectivity index (χ3v) is 14.8. The molecule has 19 unspecified atom stereocenters. The Kier molecular flexibility index (Phi) is 9.92. The van der Waals surface area contributed by atoms with E-state index in [0.29, 0.717) is 35.5 Å². The van der Waals surface area contributed by atoms with Gasteiger partial charge in [0.05, 0.1) is 55.2 Å². The van der Waals surface area contributed by atoms with Gasteiger partial charge in [0.2, 0.25) is 0 Å². The first-order valence-corrected chi connectivity index (χ1v) is 19.3. The molecule has 0 aromatic carbocycles. The van der Waals surface area contributed by atoms with Crippen molar-refractivity contribution in [1.29, 1.82) is 0 Å². The molecule has 18 heteroatoms. The van der Waals surface area contributed by atoms with Crippen molar-refractivity contribution in [3.05, 3.63) is 30.3 Å². The Morgan fingerprint density at radius 3 is 0.940 bits per heavy atom. The fourth-order valence-corrected chi connectivity index (χ4v) is 12.8. The van der Waals surface area contributed by atoms with E-state index < -0.39 is 57.1 Å². The van der Waals surface area contributed by atoms with E-state index in [1.54, 1.807) is 0 Å². The van der Waals surface area contributed by atoms with Gasteiger partial charge in [0.1, 0.15) is 0 Å². The molecule has 5 aliphatic heterocycles. The summed E-state index contributed by atoms with van der Waals surface area (Å²) in [6.07, 6.45) is 12.8. The van der Waals surface area contributed by atoms with Crippen LogP contribution < -0.4 is 42.5 Å². The van der Waals surface area contributed by atoms with Crippen molar-refractivity contribution in [3.8, 4) is 0 Å². The molecule has 0 spiro atoms. The quantitative estimate of drug-likeness (QED) is 0.111.